The number of carbonyl (C=O) groups excluding carboxylic acids is 2. The van der Waals surface area contributed by atoms with Crippen molar-refractivity contribution < 1.29 is 9.59 Å². The molecule has 0 bridgehead atoms. The van der Waals surface area contributed by atoms with E-state index in [4.69, 9.17) is 0 Å². The van der Waals surface area contributed by atoms with E-state index in [0.29, 0.717) is 11.6 Å². The third kappa shape index (κ3) is 6.01. The molecular weight excluding hydrogens is 460 g/mol. The molecule has 6 heteroatoms. The normalized spacial score (nSPS) is 22.1. The van der Waals surface area contributed by atoms with Crippen molar-refractivity contribution in [3.05, 3.63) is 71.3 Å². The summed E-state index contributed by atoms with van der Waals surface area (Å²) in [7, 11) is 0. The van der Waals surface area contributed by atoms with Crippen molar-refractivity contribution in [1.82, 2.24) is 20.0 Å². The topological polar surface area (TPSA) is 55.9 Å². The fourth-order valence-electron chi connectivity index (χ4n) is 6.40. The van der Waals surface area contributed by atoms with Crippen LogP contribution in [0.2, 0.25) is 0 Å². The van der Waals surface area contributed by atoms with E-state index < -0.39 is 0 Å². The summed E-state index contributed by atoms with van der Waals surface area (Å²) in [4.78, 5) is 33.0. The number of rotatable bonds is 7. The third-order valence-corrected chi connectivity index (χ3v) is 8.36. The fourth-order valence-corrected chi connectivity index (χ4v) is 6.40. The maximum atomic E-state index is 13.8. The van der Waals surface area contributed by atoms with Crippen molar-refractivity contribution in [1.29, 1.82) is 0 Å². The molecule has 2 heterocycles. The standard InChI is InChI=1S/C31H42N4O2/c1-23(2)32-30(36)26-15-13-24(14-16-26)21-33-19-17-28(18-20-33)35-29(25-9-5-3-6-10-25)22-34(31(35)37)27-11-7-4-8-12-27/h3,5-6,9-10,13-16,23,27-29H,4,7-8,11-12,17-22H2,1-2H3,(H,32,36)/t29-/m0/s1. The summed E-state index contributed by atoms with van der Waals surface area (Å²) >= 11 is 0. The lowest BCUT2D eigenvalue weighted by atomic mass is 9.94. The van der Waals surface area contributed by atoms with Gasteiger partial charge in [0, 0.05) is 49.9 Å². The van der Waals surface area contributed by atoms with Crippen molar-refractivity contribution in [2.24, 2.45) is 0 Å². The van der Waals surface area contributed by atoms with Gasteiger partial charge in [-0.15, -0.1) is 0 Å². The summed E-state index contributed by atoms with van der Waals surface area (Å²) in [5, 5.41) is 2.95. The number of urea groups is 1. The van der Waals surface area contributed by atoms with Crippen LogP contribution in [0.1, 0.15) is 86.3 Å². The Labute approximate surface area is 222 Å². The molecule has 3 fully saturated rings. The van der Waals surface area contributed by atoms with Crippen LogP contribution in [-0.2, 0) is 6.54 Å². The zero-order chi connectivity index (χ0) is 25.8. The molecule has 2 saturated heterocycles. The highest BCUT2D eigenvalue weighted by Crippen LogP contribution is 2.38. The van der Waals surface area contributed by atoms with Crippen molar-refractivity contribution in [3.63, 3.8) is 0 Å². The van der Waals surface area contributed by atoms with Crippen LogP contribution in [0.15, 0.2) is 54.6 Å². The smallest absolute Gasteiger partial charge is 0.321 e. The molecule has 2 aliphatic heterocycles. The second kappa shape index (κ2) is 11.7. The summed E-state index contributed by atoms with van der Waals surface area (Å²) in [6.45, 7) is 7.61. The van der Waals surface area contributed by atoms with Gasteiger partial charge in [0.15, 0.2) is 0 Å². The van der Waals surface area contributed by atoms with E-state index in [-0.39, 0.29) is 30.1 Å². The zero-order valence-corrected chi connectivity index (χ0v) is 22.4. The molecule has 198 valence electrons. The SMILES string of the molecule is CC(C)NC(=O)c1ccc(CN2CCC(N3C(=O)N(C4CCCCC4)C[C@H]3c3ccccc3)CC2)cc1. The van der Waals surface area contributed by atoms with Crippen LogP contribution in [0.3, 0.4) is 0 Å². The van der Waals surface area contributed by atoms with E-state index >= 15 is 0 Å². The number of benzene rings is 2. The monoisotopic (exact) mass is 502 g/mol. The first kappa shape index (κ1) is 25.8. The van der Waals surface area contributed by atoms with Gasteiger partial charge < -0.3 is 15.1 Å². The van der Waals surface area contributed by atoms with E-state index in [0.717, 1.165) is 51.9 Å². The van der Waals surface area contributed by atoms with Crippen LogP contribution in [0.25, 0.3) is 0 Å². The van der Waals surface area contributed by atoms with Gasteiger partial charge in [-0.1, -0.05) is 61.7 Å². The van der Waals surface area contributed by atoms with Gasteiger partial charge in [-0.05, 0) is 62.8 Å². The quantitative estimate of drug-likeness (QED) is 0.536. The number of nitrogens with one attached hydrogen (secondary N) is 1. The number of carbonyl (C=O) groups is 2. The molecule has 1 saturated carbocycles. The molecule has 1 N–H and O–H groups in total. The lowest BCUT2D eigenvalue weighted by molar-refractivity contribution is 0.0942. The first-order valence-corrected chi connectivity index (χ1v) is 14.3. The third-order valence-electron chi connectivity index (χ3n) is 8.36. The van der Waals surface area contributed by atoms with Gasteiger partial charge in [0.05, 0.1) is 6.04 Å². The minimum Gasteiger partial charge on any atom is -0.350 e. The van der Waals surface area contributed by atoms with E-state index in [1.165, 1.54) is 30.4 Å². The largest absolute Gasteiger partial charge is 0.350 e. The van der Waals surface area contributed by atoms with Crippen molar-refractivity contribution in [2.75, 3.05) is 19.6 Å². The molecule has 0 aromatic heterocycles. The van der Waals surface area contributed by atoms with Gasteiger partial charge in [0.1, 0.15) is 0 Å². The Morgan fingerprint density at radius 3 is 2.22 bits per heavy atom. The molecule has 6 nitrogen and oxygen atoms in total. The second-order valence-corrected chi connectivity index (χ2v) is 11.4. The van der Waals surface area contributed by atoms with Gasteiger partial charge in [-0.2, -0.15) is 0 Å². The van der Waals surface area contributed by atoms with Crippen LogP contribution < -0.4 is 5.32 Å². The Bertz CT molecular complexity index is 1040. The molecule has 0 spiro atoms. The highest BCUT2D eigenvalue weighted by Gasteiger charge is 2.45. The van der Waals surface area contributed by atoms with Crippen molar-refractivity contribution >= 4 is 11.9 Å². The molecule has 37 heavy (non-hydrogen) atoms. The van der Waals surface area contributed by atoms with Crippen LogP contribution in [0.5, 0.6) is 0 Å². The average Bonchev–Trinajstić information content (AvgIpc) is 3.27. The lowest BCUT2D eigenvalue weighted by Crippen LogP contribution is -2.48. The zero-order valence-electron chi connectivity index (χ0n) is 22.4. The predicted molar refractivity (Wildman–Crippen MR) is 147 cm³/mol. The van der Waals surface area contributed by atoms with Crippen LogP contribution in [0.4, 0.5) is 4.79 Å². The Morgan fingerprint density at radius 1 is 0.892 bits per heavy atom. The Morgan fingerprint density at radius 2 is 1.57 bits per heavy atom. The molecule has 3 aliphatic rings. The molecule has 1 aliphatic carbocycles. The van der Waals surface area contributed by atoms with Crippen molar-refractivity contribution in [2.45, 2.75) is 89.5 Å². The summed E-state index contributed by atoms with van der Waals surface area (Å²) in [6, 6.07) is 19.9. The minimum atomic E-state index is -0.0205. The Kier molecular flexibility index (Phi) is 8.14. The highest BCUT2D eigenvalue weighted by molar-refractivity contribution is 5.94. The molecular formula is C31H42N4O2. The molecule has 0 unspecified atom stereocenters. The number of likely N-dealkylation sites (tertiary alicyclic amines) is 1. The van der Waals surface area contributed by atoms with Gasteiger partial charge in [0.25, 0.3) is 5.91 Å². The van der Waals surface area contributed by atoms with E-state index in [1.807, 2.05) is 26.0 Å². The van der Waals surface area contributed by atoms with Gasteiger partial charge in [-0.25, -0.2) is 4.79 Å². The molecule has 3 amide bonds. The molecule has 0 radical (unpaired) electrons. The number of amides is 3. The summed E-state index contributed by atoms with van der Waals surface area (Å²) in [5.74, 6) is -0.0205. The van der Waals surface area contributed by atoms with Crippen LogP contribution in [0, 0.1) is 0 Å². The summed E-state index contributed by atoms with van der Waals surface area (Å²) < 4.78 is 0. The minimum absolute atomic E-state index is 0.0205. The van der Waals surface area contributed by atoms with E-state index in [1.54, 1.807) is 0 Å². The van der Waals surface area contributed by atoms with Gasteiger partial charge >= 0.3 is 6.03 Å². The number of piperidine rings is 1. The van der Waals surface area contributed by atoms with Gasteiger partial charge in [-0.3, -0.25) is 9.69 Å². The first-order valence-electron chi connectivity index (χ1n) is 14.3. The summed E-state index contributed by atoms with van der Waals surface area (Å²) in [5.41, 5.74) is 3.19. The number of hydrogen-bond acceptors (Lipinski definition) is 3. The predicted octanol–water partition coefficient (Wildman–Crippen LogP) is 5.60. The molecule has 2 aromatic carbocycles. The number of hydrogen-bond donors (Lipinski definition) is 1. The van der Waals surface area contributed by atoms with Gasteiger partial charge in [0.2, 0.25) is 0 Å². The summed E-state index contributed by atoms with van der Waals surface area (Å²) in [6.07, 6.45) is 8.09. The van der Waals surface area contributed by atoms with Crippen LogP contribution >= 0.6 is 0 Å². The maximum absolute atomic E-state index is 13.8. The van der Waals surface area contributed by atoms with E-state index in [2.05, 4.69) is 62.5 Å². The number of nitrogens with zero attached hydrogens (tertiary/aromatic N) is 3. The Balaban J connectivity index is 1.22. The molecule has 1 atom stereocenters. The highest BCUT2D eigenvalue weighted by atomic mass is 16.2. The molecule has 2 aromatic rings. The second-order valence-electron chi connectivity index (χ2n) is 11.4. The van der Waals surface area contributed by atoms with Crippen LogP contribution in [-0.4, -0.2) is 64.4 Å². The molecule has 5 rings (SSSR count). The van der Waals surface area contributed by atoms with E-state index in [9.17, 15) is 9.59 Å². The maximum Gasteiger partial charge on any atom is 0.321 e. The fraction of sp³-hybridized carbons (Fsp3) is 0.548. The average molecular weight is 503 g/mol. The lowest BCUT2D eigenvalue weighted by Gasteiger charge is -2.39. The van der Waals surface area contributed by atoms with Crippen molar-refractivity contribution in [3.8, 4) is 0 Å². The first-order chi connectivity index (χ1) is 18.0. The Hall–Kier alpha value is -2.86.